The average molecular weight is 200 g/mol. The van der Waals surface area contributed by atoms with Crippen LogP contribution in [-0.2, 0) is 0 Å². The van der Waals surface area contributed by atoms with Crippen LogP contribution in [0.25, 0.3) is 0 Å². The first-order chi connectivity index (χ1) is 5.50. The summed E-state index contributed by atoms with van der Waals surface area (Å²) in [7, 11) is 0. The minimum atomic E-state index is -4.44. The molecule has 0 aliphatic carbocycles. The number of aliphatic hydroxyl groups is 1. The van der Waals surface area contributed by atoms with Gasteiger partial charge in [0.2, 0.25) is 0 Å². The fraction of sp³-hybridized carbons (Fsp3) is 1.00. The molecule has 0 aromatic heterocycles. The maximum Gasteiger partial charge on any atom is 0.414 e. The van der Waals surface area contributed by atoms with E-state index in [2.05, 4.69) is 0 Å². The molecule has 1 saturated heterocycles. The van der Waals surface area contributed by atoms with Crippen molar-refractivity contribution < 1.29 is 18.3 Å². The molecule has 1 nitrogen and oxygen atoms in total. The lowest BCUT2D eigenvalue weighted by Crippen LogP contribution is -2.30. The average Bonchev–Trinajstić information content (AvgIpc) is 2.37. The van der Waals surface area contributed by atoms with Crippen LogP contribution in [0.1, 0.15) is 19.3 Å². The van der Waals surface area contributed by atoms with E-state index in [4.69, 9.17) is 5.11 Å². The first-order valence-corrected chi connectivity index (χ1v) is 4.91. The van der Waals surface area contributed by atoms with Crippen LogP contribution in [0.3, 0.4) is 0 Å². The molecule has 2 atom stereocenters. The number of aliphatic hydroxyl groups excluding tert-OH is 1. The minimum absolute atomic E-state index is 0.00150. The van der Waals surface area contributed by atoms with Gasteiger partial charge in [0.25, 0.3) is 0 Å². The molecule has 72 valence electrons. The van der Waals surface area contributed by atoms with Crippen LogP contribution >= 0.6 is 11.8 Å². The van der Waals surface area contributed by atoms with Crippen molar-refractivity contribution in [2.45, 2.75) is 36.8 Å². The van der Waals surface area contributed by atoms with Gasteiger partial charge < -0.3 is 5.11 Å². The Labute approximate surface area is 73.3 Å². The predicted octanol–water partition coefficient (Wildman–Crippen LogP) is 2.20. The Hall–Kier alpha value is 0.100. The third-order valence-electron chi connectivity index (χ3n) is 1.89. The van der Waals surface area contributed by atoms with Crippen LogP contribution in [0, 0.1) is 0 Å². The smallest absolute Gasteiger partial charge is 0.384 e. The molecular formula is C7H11F3OS. The Kier molecular flexibility index (Phi) is 3.29. The number of thioether (sulfide) groups is 1. The van der Waals surface area contributed by atoms with Gasteiger partial charge in [-0.2, -0.15) is 24.9 Å². The zero-order valence-corrected chi connectivity index (χ0v) is 7.29. The molecule has 0 aromatic carbocycles. The second-order valence-corrected chi connectivity index (χ2v) is 4.34. The molecule has 2 unspecified atom stereocenters. The first-order valence-electron chi connectivity index (χ1n) is 3.86. The lowest BCUT2D eigenvalue weighted by atomic mass is 10.1. The molecule has 0 aromatic rings. The molecule has 0 radical (unpaired) electrons. The number of halogens is 3. The van der Waals surface area contributed by atoms with E-state index in [9.17, 15) is 13.2 Å². The third-order valence-corrected chi connectivity index (χ3v) is 3.31. The van der Waals surface area contributed by atoms with Gasteiger partial charge in [0.1, 0.15) is 0 Å². The van der Waals surface area contributed by atoms with E-state index in [1.54, 1.807) is 0 Å². The van der Waals surface area contributed by atoms with Gasteiger partial charge in [0, 0.05) is 5.25 Å². The molecule has 1 aliphatic heterocycles. The van der Waals surface area contributed by atoms with Crippen LogP contribution in [0.4, 0.5) is 13.2 Å². The van der Waals surface area contributed by atoms with E-state index >= 15 is 0 Å². The zero-order chi connectivity index (χ0) is 9.19. The summed E-state index contributed by atoms with van der Waals surface area (Å²) in [5.74, 6) is 0.926. The summed E-state index contributed by atoms with van der Waals surface area (Å²) in [5.41, 5.74) is 0. The summed E-state index contributed by atoms with van der Waals surface area (Å²) >= 11 is 1.53. The monoisotopic (exact) mass is 200 g/mol. The second kappa shape index (κ2) is 3.87. The maximum atomic E-state index is 11.8. The van der Waals surface area contributed by atoms with Crippen molar-refractivity contribution in [3.63, 3.8) is 0 Å². The van der Waals surface area contributed by atoms with Crippen molar-refractivity contribution in [1.29, 1.82) is 0 Å². The molecule has 0 saturated carbocycles. The standard InChI is InChI=1S/C7H11F3OS/c8-7(9,10)6(11)4-5-2-1-3-12-5/h5-6,11H,1-4H2. The van der Waals surface area contributed by atoms with Crippen molar-refractivity contribution in [2.75, 3.05) is 5.75 Å². The quantitative estimate of drug-likeness (QED) is 0.737. The summed E-state index contributed by atoms with van der Waals surface area (Å²) in [5, 5.41) is 8.71. The van der Waals surface area contributed by atoms with Gasteiger partial charge in [-0.15, -0.1) is 0 Å². The minimum Gasteiger partial charge on any atom is -0.384 e. The lowest BCUT2D eigenvalue weighted by Gasteiger charge is -2.17. The molecule has 1 N–H and O–H groups in total. The largest absolute Gasteiger partial charge is 0.414 e. The van der Waals surface area contributed by atoms with Gasteiger partial charge in [0.05, 0.1) is 0 Å². The van der Waals surface area contributed by atoms with E-state index in [0.29, 0.717) is 0 Å². The molecule has 0 amide bonds. The third kappa shape index (κ3) is 2.86. The van der Waals surface area contributed by atoms with Gasteiger partial charge >= 0.3 is 6.18 Å². The highest BCUT2D eigenvalue weighted by atomic mass is 32.2. The van der Waals surface area contributed by atoms with E-state index in [1.165, 1.54) is 11.8 Å². The van der Waals surface area contributed by atoms with Crippen LogP contribution in [-0.4, -0.2) is 28.4 Å². The van der Waals surface area contributed by atoms with Crippen molar-refractivity contribution in [2.24, 2.45) is 0 Å². The SMILES string of the molecule is OC(CC1CCCS1)C(F)(F)F. The molecule has 0 spiro atoms. The molecule has 1 rings (SSSR count). The number of alkyl halides is 3. The predicted molar refractivity (Wildman–Crippen MR) is 42.2 cm³/mol. The second-order valence-electron chi connectivity index (χ2n) is 2.93. The van der Waals surface area contributed by atoms with Gasteiger partial charge in [-0.05, 0) is 25.0 Å². The fourth-order valence-electron chi connectivity index (χ4n) is 1.21. The molecule has 1 aliphatic rings. The molecular weight excluding hydrogens is 189 g/mol. The maximum absolute atomic E-state index is 11.8. The Morgan fingerprint density at radius 3 is 2.58 bits per heavy atom. The van der Waals surface area contributed by atoms with Crippen LogP contribution < -0.4 is 0 Å². The van der Waals surface area contributed by atoms with E-state index in [-0.39, 0.29) is 11.7 Å². The molecule has 1 heterocycles. The van der Waals surface area contributed by atoms with E-state index in [0.717, 1.165) is 18.6 Å². The fourth-order valence-corrected chi connectivity index (χ4v) is 2.53. The highest BCUT2D eigenvalue weighted by molar-refractivity contribution is 8.00. The van der Waals surface area contributed by atoms with Gasteiger partial charge in [-0.3, -0.25) is 0 Å². The van der Waals surface area contributed by atoms with Gasteiger partial charge in [-0.25, -0.2) is 0 Å². The molecule has 0 bridgehead atoms. The Bertz CT molecular complexity index is 142. The highest BCUT2D eigenvalue weighted by Crippen LogP contribution is 2.33. The lowest BCUT2D eigenvalue weighted by molar-refractivity contribution is -0.205. The van der Waals surface area contributed by atoms with Crippen molar-refractivity contribution in [1.82, 2.24) is 0 Å². The summed E-state index contributed by atoms with van der Waals surface area (Å²) in [4.78, 5) is 0. The number of hydrogen-bond donors (Lipinski definition) is 1. The van der Waals surface area contributed by atoms with Gasteiger partial charge in [0.15, 0.2) is 6.10 Å². The summed E-state index contributed by atoms with van der Waals surface area (Å²) in [6.07, 6.45) is -4.94. The Morgan fingerprint density at radius 2 is 2.17 bits per heavy atom. The van der Waals surface area contributed by atoms with Crippen molar-refractivity contribution in [3.8, 4) is 0 Å². The number of hydrogen-bond acceptors (Lipinski definition) is 2. The zero-order valence-electron chi connectivity index (χ0n) is 6.47. The van der Waals surface area contributed by atoms with Crippen molar-refractivity contribution in [3.05, 3.63) is 0 Å². The van der Waals surface area contributed by atoms with E-state index < -0.39 is 12.3 Å². The molecule has 5 heteroatoms. The van der Waals surface area contributed by atoms with Crippen LogP contribution in [0.2, 0.25) is 0 Å². The molecule has 12 heavy (non-hydrogen) atoms. The van der Waals surface area contributed by atoms with Crippen LogP contribution in [0.15, 0.2) is 0 Å². The van der Waals surface area contributed by atoms with Crippen LogP contribution in [0.5, 0.6) is 0 Å². The summed E-state index contributed by atoms with van der Waals surface area (Å²) < 4.78 is 35.5. The summed E-state index contributed by atoms with van der Waals surface area (Å²) in [6, 6.07) is 0. The summed E-state index contributed by atoms with van der Waals surface area (Å²) in [6.45, 7) is 0. The first kappa shape index (κ1) is 10.2. The van der Waals surface area contributed by atoms with Crippen molar-refractivity contribution >= 4 is 11.8 Å². The highest BCUT2D eigenvalue weighted by Gasteiger charge is 2.39. The normalized spacial score (nSPS) is 27.5. The Balaban J connectivity index is 2.30. The number of rotatable bonds is 2. The van der Waals surface area contributed by atoms with E-state index in [1.807, 2.05) is 0 Å². The van der Waals surface area contributed by atoms with Gasteiger partial charge in [-0.1, -0.05) is 0 Å². The molecule has 1 fully saturated rings. The Morgan fingerprint density at radius 1 is 1.50 bits per heavy atom. The topological polar surface area (TPSA) is 20.2 Å².